The van der Waals surface area contributed by atoms with Crippen molar-refractivity contribution < 1.29 is 14.3 Å². The number of aromatic nitrogens is 2. The summed E-state index contributed by atoms with van der Waals surface area (Å²) >= 11 is 5.96. The summed E-state index contributed by atoms with van der Waals surface area (Å²) < 4.78 is 4.65. The number of hydrogen-bond acceptors (Lipinski definition) is 6. The fraction of sp³-hybridized carbons (Fsp3) is 0.100. The number of nitrogens with zero attached hydrogens (tertiary/aromatic N) is 2. The average molecular weight is 397 g/mol. The zero-order valence-electron chi connectivity index (χ0n) is 15.2. The number of halogens is 1. The molecule has 2 aromatic carbocycles. The van der Waals surface area contributed by atoms with Crippen molar-refractivity contribution in [2.75, 3.05) is 17.7 Å². The Morgan fingerprint density at radius 3 is 2.50 bits per heavy atom. The van der Waals surface area contributed by atoms with E-state index in [1.54, 1.807) is 30.3 Å². The molecule has 0 unspecified atom stereocenters. The molecular weight excluding hydrogens is 380 g/mol. The van der Waals surface area contributed by atoms with Crippen molar-refractivity contribution >= 4 is 40.8 Å². The van der Waals surface area contributed by atoms with Crippen LogP contribution in [0.15, 0.2) is 54.7 Å². The monoisotopic (exact) mass is 396 g/mol. The standard InChI is InChI=1S/C20H17ClN4O3/c1-12-11-14(21)5-8-16(12)24-20-22-10-9-17(25-20)18(26)23-15-6-3-13(4-7-15)19(27)28-2/h3-11H,1-2H3,(H,23,26)(H,22,24,25). The second kappa shape index (κ2) is 8.49. The number of esters is 1. The van der Waals surface area contributed by atoms with Gasteiger partial charge in [0, 0.05) is 22.6 Å². The Kier molecular flexibility index (Phi) is 5.86. The SMILES string of the molecule is COC(=O)c1ccc(NC(=O)c2ccnc(Nc3ccc(Cl)cc3C)n2)cc1. The first-order valence-electron chi connectivity index (χ1n) is 8.32. The lowest BCUT2D eigenvalue weighted by Gasteiger charge is -2.10. The van der Waals surface area contributed by atoms with Crippen LogP contribution in [0.25, 0.3) is 0 Å². The second-order valence-electron chi connectivity index (χ2n) is 5.87. The van der Waals surface area contributed by atoms with Crippen molar-refractivity contribution in [2.45, 2.75) is 6.92 Å². The lowest BCUT2D eigenvalue weighted by molar-refractivity contribution is 0.0600. The van der Waals surface area contributed by atoms with E-state index < -0.39 is 11.9 Å². The predicted molar refractivity (Wildman–Crippen MR) is 107 cm³/mol. The zero-order chi connectivity index (χ0) is 20.1. The molecular formula is C20H17ClN4O3. The van der Waals surface area contributed by atoms with E-state index in [-0.39, 0.29) is 5.69 Å². The number of methoxy groups -OCH3 is 1. The molecule has 0 aliphatic carbocycles. The molecule has 28 heavy (non-hydrogen) atoms. The Morgan fingerprint density at radius 2 is 1.82 bits per heavy atom. The van der Waals surface area contributed by atoms with E-state index in [4.69, 9.17) is 11.6 Å². The maximum Gasteiger partial charge on any atom is 0.337 e. The summed E-state index contributed by atoms with van der Waals surface area (Å²) in [5.74, 6) is -0.551. The van der Waals surface area contributed by atoms with Gasteiger partial charge in [0.1, 0.15) is 5.69 Å². The molecule has 1 amide bonds. The molecule has 0 atom stereocenters. The van der Waals surface area contributed by atoms with Gasteiger partial charge in [-0.1, -0.05) is 11.6 Å². The van der Waals surface area contributed by atoms with Crippen LogP contribution in [0.4, 0.5) is 17.3 Å². The number of hydrogen-bond donors (Lipinski definition) is 2. The van der Waals surface area contributed by atoms with Crippen LogP contribution in [-0.4, -0.2) is 29.0 Å². The van der Waals surface area contributed by atoms with E-state index in [0.717, 1.165) is 11.3 Å². The third-order valence-electron chi connectivity index (χ3n) is 3.89. The first-order chi connectivity index (χ1) is 13.5. The van der Waals surface area contributed by atoms with Gasteiger partial charge in [-0.15, -0.1) is 0 Å². The highest BCUT2D eigenvalue weighted by molar-refractivity contribution is 6.30. The van der Waals surface area contributed by atoms with Gasteiger partial charge in [0.05, 0.1) is 12.7 Å². The number of aryl methyl sites for hydroxylation is 1. The van der Waals surface area contributed by atoms with Gasteiger partial charge < -0.3 is 15.4 Å². The van der Waals surface area contributed by atoms with Gasteiger partial charge in [0.25, 0.3) is 5.91 Å². The molecule has 0 saturated carbocycles. The third kappa shape index (κ3) is 4.63. The summed E-state index contributed by atoms with van der Waals surface area (Å²) in [7, 11) is 1.31. The number of benzene rings is 2. The van der Waals surface area contributed by atoms with E-state index in [0.29, 0.717) is 22.2 Å². The summed E-state index contributed by atoms with van der Waals surface area (Å²) in [6, 6.07) is 13.3. The molecule has 8 heteroatoms. The van der Waals surface area contributed by atoms with Crippen LogP contribution in [0.1, 0.15) is 26.4 Å². The van der Waals surface area contributed by atoms with Crippen LogP contribution >= 0.6 is 11.6 Å². The zero-order valence-corrected chi connectivity index (χ0v) is 15.9. The fourth-order valence-corrected chi connectivity index (χ4v) is 2.66. The van der Waals surface area contributed by atoms with Crippen LogP contribution in [0.5, 0.6) is 0 Å². The molecule has 0 saturated heterocycles. The highest BCUT2D eigenvalue weighted by Crippen LogP contribution is 2.22. The van der Waals surface area contributed by atoms with Crippen LogP contribution in [0.2, 0.25) is 5.02 Å². The van der Waals surface area contributed by atoms with E-state index in [9.17, 15) is 9.59 Å². The van der Waals surface area contributed by atoms with Gasteiger partial charge >= 0.3 is 5.97 Å². The number of carbonyl (C=O) groups excluding carboxylic acids is 2. The molecule has 3 rings (SSSR count). The molecule has 0 radical (unpaired) electrons. The molecule has 1 aromatic heterocycles. The van der Waals surface area contributed by atoms with Crippen molar-refractivity contribution in [1.82, 2.24) is 9.97 Å². The number of carbonyl (C=O) groups is 2. The Hall–Kier alpha value is -3.45. The number of ether oxygens (including phenoxy) is 1. The molecule has 3 aromatic rings. The summed E-state index contributed by atoms with van der Waals surface area (Å²) in [5.41, 5.74) is 2.84. The van der Waals surface area contributed by atoms with Gasteiger partial charge in [-0.05, 0) is 61.0 Å². The maximum absolute atomic E-state index is 12.5. The number of anilines is 3. The molecule has 0 spiro atoms. The Labute approximate surface area is 166 Å². The minimum Gasteiger partial charge on any atom is -0.465 e. The van der Waals surface area contributed by atoms with E-state index in [1.807, 2.05) is 19.1 Å². The van der Waals surface area contributed by atoms with E-state index >= 15 is 0 Å². The first-order valence-corrected chi connectivity index (χ1v) is 8.70. The topological polar surface area (TPSA) is 93.2 Å². The smallest absolute Gasteiger partial charge is 0.337 e. The van der Waals surface area contributed by atoms with Crippen molar-refractivity contribution in [3.05, 3.63) is 76.6 Å². The average Bonchev–Trinajstić information content (AvgIpc) is 2.70. The van der Waals surface area contributed by atoms with Crippen molar-refractivity contribution in [3.8, 4) is 0 Å². The summed E-state index contributed by atoms with van der Waals surface area (Å²) in [6.07, 6.45) is 1.50. The quantitative estimate of drug-likeness (QED) is 0.627. The Balaban J connectivity index is 1.72. The van der Waals surface area contributed by atoms with Crippen LogP contribution in [0.3, 0.4) is 0 Å². The minimum atomic E-state index is -0.443. The van der Waals surface area contributed by atoms with Gasteiger partial charge in [-0.3, -0.25) is 4.79 Å². The summed E-state index contributed by atoms with van der Waals surface area (Å²) in [4.78, 5) is 32.3. The lowest BCUT2D eigenvalue weighted by atomic mass is 10.2. The maximum atomic E-state index is 12.5. The molecule has 2 N–H and O–H groups in total. The van der Waals surface area contributed by atoms with E-state index in [2.05, 4.69) is 25.3 Å². The number of amides is 1. The third-order valence-corrected chi connectivity index (χ3v) is 4.12. The van der Waals surface area contributed by atoms with Gasteiger partial charge in [0.15, 0.2) is 0 Å². The molecule has 142 valence electrons. The molecule has 7 nitrogen and oxygen atoms in total. The number of nitrogens with one attached hydrogen (secondary N) is 2. The molecule has 1 heterocycles. The number of rotatable bonds is 5. The van der Waals surface area contributed by atoms with Crippen LogP contribution in [0, 0.1) is 6.92 Å². The second-order valence-corrected chi connectivity index (χ2v) is 6.31. The summed E-state index contributed by atoms with van der Waals surface area (Å²) in [5, 5.41) is 6.43. The van der Waals surface area contributed by atoms with Gasteiger partial charge in [-0.2, -0.15) is 0 Å². The highest BCUT2D eigenvalue weighted by Gasteiger charge is 2.11. The molecule has 0 fully saturated rings. The first kappa shape index (κ1) is 19.3. The van der Waals surface area contributed by atoms with Crippen LogP contribution < -0.4 is 10.6 Å². The lowest BCUT2D eigenvalue weighted by Crippen LogP contribution is -2.15. The molecule has 0 aliphatic heterocycles. The molecule has 0 aliphatic rings. The minimum absolute atomic E-state index is 0.196. The Bertz CT molecular complexity index is 1020. The predicted octanol–water partition coefficient (Wildman–Crippen LogP) is 4.22. The van der Waals surface area contributed by atoms with Crippen molar-refractivity contribution in [1.29, 1.82) is 0 Å². The molecule has 0 bridgehead atoms. The van der Waals surface area contributed by atoms with Gasteiger partial charge in [-0.25, -0.2) is 14.8 Å². The summed E-state index contributed by atoms with van der Waals surface area (Å²) in [6.45, 7) is 1.91. The largest absolute Gasteiger partial charge is 0.465 e. The van der Waals surface area contributed by atoms with E-state index in [1.165, 1.54) is 19.4 Å². The van der Waals surface area contributed by atoms with Crippen LogP contribution in [-0.2, 0) is 4.74 Å². The Morgan fingerprint density at radius 1 is 1.07 bits per heavy atom. The van der Waals surface area contributed by atoms with Crippen molar-refractivity contribution in [2.24, 2.45) is 0 Å². The van der Waals surface area contributed by atoms with Gasteiger partial charge in [0.2, 0.25) is 5.95 Å². The highest BCUT2D eigenvalue weighted by atomic mass is 35.5. The van der Waals surface area contributed by atoms with Crippen molar-refractivity contribution in [3.63, 3.8) is 0 Å². The fourth-order valence-electron chi connectivity index (χ4n) is 2.44. The normalized spacial score (nSPS) is 10.2.